The Morgan fingerprint density at radius 2 is 2.47 bits per heavy atom. The van der Waals surface area contributed by atoms with Gasteiger partial charge in [0.15, 0.2) is 0 Å². The van der Waals surface area contributed by atoms with Gasteiger partial charge in [-0.05, 0) is 19.4 Å². The maximum Gasteiger partial charge on any atom is 0.233 e. The molecule has 1 rings (SSSR count). The van der Waals surface area contributed by atoms with Crippen molar-refractivity contribution in [1.29, 1.82) is 0 Å². The summed E-state index contributed by atoms with van der Waals surface area (Å²) in [4.78, 5) is 13.3. The Hall–Kier alpha value is -0.650. The molecule has 15 heavy (non-hydrogen) atoms. The van der Waals surface area contributed by atoms with E-state index in [0.717, 1.165) is 25.9 Å². The second kappa shape index (κ2) is 6.76. The van der Waals surface area contributed by atoms with Gasteiger partial charge >= 0.3 is 0 Å². The molecule has 1 amide bonds. The van der Waals surface area contributed by atoms with Gasteiger partial charge in [0.1, 0.15) is 0 Å². The summed E-state index contributed by atoms with van der Waals surface area (Å²) in [5.74, 6) is 0.0396. The molecule has 1 fully saturated rings. The van der Waals surface area contributed by atoms with E-state index in [1.54, 1.807) is 7.05 Å². The molecule has 0 spiro atoms. The molecule has 0 aromatic rings. The smallest absolute Gasteiger partial charge is 0.233 e. The highest BCUT2D eigenvalue weighted by Gasteiger charge is 2.21. The van der Waals surface area contributed by atoms with E-state index in [1.165, 1.54) is 0 Å². The van der Waals surface area contributed by atoms with Crippen LogP contribution in [-0.2, 0) is 9.53 Å². The number of hydrogen-bond acceptors (Lipinski definition) is 4. The number of carbonyl (C=O) groups is 1. The van der Waals surface area contributed by atoms with E-state index in [4.69, 9.17) is 9.84 Å². The molecule has 2 N–H and O–H groups in total. The molecular weight excluding hydrogens is 196 g/mol. The quantitative estimate of drug-likeness (QED) is 0.632. The molecule has 1 aliphatic heterocycles. The predicted molar refractivity (Wildman–Crippen MR) is 56.6 cm³/mol. The summed E-state index contributed by atoms with van der Waals surface area (Å²) in [6.45, 7) is 2.62. The van der Waals surface area contributed by atoms with Gasteiger partial charge in [0.05, 0.1) is 25.9 Å². The fraction of sp³-hybridized carbons (Fsp3) is 0.900. The van der Waals surface area contributed by atoms with Crippen LogP contribution in [0.2, 0.25) is 0 Å². The number of aliphatic hydroxyl groups is 1. The average Bonchev–Trinajstić information content (AvgIpc) is 2.26. The summed E-state index contributed by atoms with van der Waals surface area (Å²) in [6, 6.07) is 0. The van der Waals surface area contributed by atoms with Crippen LogP contribution in [0.25, 0.3) is 0 Å². The Kier molecular flexibility index (Phi) is 5.60. The number of likely N-dealkylation sites (tertiary alicyclic amines) is 1. The lowest BCUT2D eigenvalue weighted by atomic mass is 10.1. The number of carbonyl (C=O) groups excluding carboxylic acids is 1. The van der Waals surface area contributed by atoms with Crippen molar-refractivity contribution < 1.29 is 14.6 Å². The Bertz CT molecular complexity index is 199. The molecule has 0 radical (unpaired) electrons. The number of nitrogens with zero attached hydrogens (tertiary/aromatic N) is 1. The fourth-order valence-electron chi connectivity index (χ4n) is 1.79. The lowest BCUT2D eigenvalue weighted by Crippen LogP contribution is -2.44. The summed E-state index contributed by atoms with van der Waals surface area (Å²) in [5.41, 5.74) is 0. The molecule has 88 valence electrons. The first-order chi connectivity index (χ1) is 7.26. The van der Waals surface area contributed by atoms with E-state index in [9.17, 15) is 4.79 Å². The van der Waals surface area contributed by atoms with E-state index >= 15 is 0 Å². The van der Waals surface area contributed by atoms with Gasteiger partial charge in [0.2, 0.25) is 5.91 Å². The molecule has 1 atom stereocenters. The Morgan fingerprint density at radius 1 is 1.67 bits per heavy atom. The van der Waals surface area contributed by atoms with Crippen LogP contribution in [0.15, 0.2) is 0 Å². The van der Waals surface area contributed by atoms with Gasteiger partial charge in [-0.25, -0.2) is 0 Å². The van der Waals surface area contributed by atoms with Crippen molar-refractivity contribution in [3.05, 3.63) is 0 Å². The first-order valence-corrected chi connectivity index (χ1v) is 5.41. The maximum atomic E-state index is 11.2. The van der Waals surface area contributed by atoms with Crippen molar-refractivity contribution >= 4 is 5.91 Å². The van der Waals surface area contributed by atoms with E-state index in [2.05, 4.69) is 10.2 Å². The number of likely N-dealkylation sites (N-methyl/N-ethyl adjacent to an activating group) is 1. The summed E-state index contributed by atoms with van der Waals surface area (Å²) in [6.07, 6.45) is 2.23. The number of piperidine rings is 1. The van der Waals surface area contributed by atoms with Gasteiger partial charge in [-0.3, -0.25) is 9.69 Å². The van der Waals surface area contributed by atoms with E-state index in [-0.39, 0.29) is 18.6 Å². The minimum Gasteiger partial charge on any atom is -0.394 e. The first kappa shape index (κ1) is 12.4. The molecule has 1 aliphatic rings. The third-order valence-electron chi connectivity index (χ3n) is 2.55. The van der Waals surface area contributed by atoms with Crippen molar-refractivity contribution in [2.75, 3.05) is 39.9 Å². The summed E-state index contributed by atoms with van der Waals surface area (Å²) < 4.78 is 5.45. The largest absolute Gasteiger partial charge is 0.394 e. The standard InChI is InChI=1S/C10H20N2O3/c1-11-10(14)8-12-4-2-3-9(7-12)15-6-5-13/h9,13H,2-8H2,1H3,(H,11,14). The third-order valence-corrected chi connectivity index (χ3v) is 2.55. The van der Waals surface area contributed by atoms with Crippen LogP contribution in [0.4, 0.5) is 0 Å². The molecular formula is C10H20N2O3. The lowest BCUT2D eigenvalue weighted by Gasteiger charge is -2.31. The molecule has 0 bridgehead atoms. The number of amides is 1. The van der Waals surface area contributed by atoms with Crippen LogP contribution >= 0.6 is 0 Å². The van der Waals surface area contributed by atoms with Gasteiger partial charge in [0.25, 0.3) is 0 Å². The molecule has 0 saturated carbocycles. The summed E-state index contributed by atoms with van der Waals surface area (Å²) in [7, 11) is 1.64. The number of ether oxygens (including phenoxy) is 1. The maximum absolute atomic E-state index is 11.2. The third kappa shape index (κ3) is 4.59. The fourth-order valence-corrected chi connectivity index (χ4v) is 1.79. The monoisotopic (exact) mass is 216 g/mol. The minimum atomic E-state index is 0.0396. The van der Waals surface area contributed by atoms with Crippen molar-refractivity contribution in [2.24, 2.45) is 0 Å². The highest BCUT2D eigenvalue weighted by Crippen LogP contribution is 2.12. The van der Waals surface area contributed by atoms with E-state index in [1.807, 2.05) is 0 Å². The van der Waals surface area contributed by atoms with Gasteiger partial charge in [-0.1, -0.05) is 0 Å². The molecule has 5 nitrogen and oxygen atoms in total. The molecule has 0 aliphatic carbocycles. The molecule has 1 heterocycles. The lowest BCUT2D eigenvalue weighted by molar-refractivity contribution is -0.122. The highest BCUT2D eigenvalue weighted by molar-refractivity contribution is 5.77. The molecule has 0 aromatic heterocycles. The zero-order valence-corrected chi connectivity index (χ0v) is 9.24. The summed E-state index contributed by atoms with van der Waals surface area (Å²) in [5, 5.41) is 11.3. The zero-order chi connectivity index (χ0) is 11.1. The molecule has 1 unspecified atom stereocenters. The Balaban J connectivity index is 2.25. The minimum absolute atomic E-state index is 0.0396. The second-order valence-corrected chi connectivity index (χ2v) is 3.77. The van der Waals surface area contributed by atoms with E-state index in [0.29, 0.717) is 13.2 Å². The SMILES string of the molecule is CNC(=O)CN1CCCC(OCCO)C1. The Labute approximate surface area is 90.4 Å². The van der Waals surface area contributed by atoms with Crippen molar-refractivity contribution in [3.8, 4) is 0 Å². The van der Waals surface area contributed by atoms with Crippen LogP contribution in [0.3, 0.4) is 0 Å². The van der Waals surface area contributed by atoms with Crippen molar-refractivity contribution in [1.82, 2.24) is 10.2 Å². The molecule has 0 aromatic carbocycles. The number of rotatable bonds is 5. The average molecular weight is 216 g/mol. The zero-order valence-electron chi connectivity index (χ0n) is 9.24. The first-order valence-electron chi connectivity index (χ1n) is 5.41. The number of nitrogens with one attached hydrogen (secondary N) is 1. The van der Waals surface area contributed by atoms with Gasteiger partial charge in [-0.15, -0.1) is 0 Å². The van der Waals surface area contributed by atoms with Crippen molar-refractivity contribution in [3.63, 3.8) is 0 Å². The topological polar surface area (TPSA) is 61.8 Å². The van der Waals surface area contributed by atoms with Gasteiger partial charge < -0.3 is 15.2 Å². The predicted octanol–water partition coefficient (Wildman–Crippen LogP) is -0.794. The van der Waals surface area contributed by atoms with Crippen LogP contribution in [0.1, 0.15) is 12.8 Å². The number of hydrogen-bond donors (Lipinski definition) is 2. The highest BCUT2D eigenvalue weighted by atomic mass is 16.5. The van der Waals surface area contributed by atoms with Crippen LogP contribution in [0.5, 0.6) is 0 Å². The second-order valence-electron chi connectivity index (χ2n) is 3.77. The molecule has 5 heteroatoms. The van der Waals surface area contributed by atoms with Gasteiger partial charge in [-0.2, -0.15) is 0 Å². The molecule has 1 saturated heterocycles. The van der Waals surface area contributed by atoms with Crippen LogP contribution in [-0.4, -0.2) is 61.9 Å². The number of aliphatic hydroxyl groups excluding tert-OH is 1. The van der Waals surface area contributed by atoms with Crippen LogP contribution in [0, 0.1) is 0 Å². The van der Waals surface area contributed by atoms with E-state index < -0.39 is 0 Å². The normalized spacial score (nSPS) is 22.7. The van der Waals surface area contributed by atoms with Crippen molar-refractivity contribution in [2.45, 2.75) is 18.9 Å². The van der Waals surface area contributed by atoms with Crippen LogP contribution < -0.4 is 5.32 Å². The Morgan fingerprint density at radius 3 is 3.13 bits per heavy atom. The summed E-state index contributed by atoms with van der Waals surface area (Å²) >= 11 is 0. The van der Waals surface area contributed by atoms with Gasteiger partial charge in [0, 0.05) is 13.6 Å².